The van der Waals surface area contributed by atoms with Crippen LogP contribution in [0.15, 0.2) is 0 Å². The molecule has 2 amide bonds. The Balaban J connectivity index is -0.000000751. The summed E-state index contributed by atoms with van der Waals surface area (Å²) in [6.45, 7) is -11.0. The van der Waals surface area contributed by atoms with E-state index in [1.807, 2.05) is 0 Å². The first kappa shape index (κ1) is 185. The average molecular weight is 2530 g/mol. The van der Waals surface area contributed by atoms with E-state index in [0.717, 1.165) is 0 Å². The number of unbranched alkanes of at least 4 members (excludes halogenated alkanes) is 9. The number of amides is 2. The van der Waals surface area contributed by atoms with Gasteiger partial charge < -0.3 is 29.6 Å². The fourth-order valence-electron chi connectivity index (χ4n) is 9.97. The number of carbonyl (C=O) groups is 2. The van der Waals surface area contributed by atoms with Crippen molar-refractivity contribution in [3.63, 3.8) is 0 Å². The maximum Gasteiger partial charge on any atom is 0.398 e. The molecule has 104 heteroatoms. The van der Waals surface area contributed by atoms with E-state index in [9.17, 15) is 217 Å². The van der Waals surface area contributed by atoms with E-state index in [1.165, 1.54) is 0 Å². The van der Waals surface area contributed by atoms with Gasteiger partial charge in [-0.15, -0.1) is 0 Å². The number of ether oxygens (including phenoxy) is 4. The summed E-state index contributed by atoms with van der Waals surface area (Å²) < 4.78 is 628. The van der Waals surface area contributed by atoms with E-state index in [1.54, 1.807) is 10.6 Å². The molecule has 0 saturated carbocycles. The maximum absolute atomic E-state index is 14.0. The van der Waals surface area contributed by atoms with Crippen LogP contribution in [0.1, 0.15) is 64.2 Å². The Bertz CT molecular complexity index is 5280. The molecule has 0 aromatic carbocycles. The predicted octanol–water partition coefficient (Wildman–Crippen LogP) is -17.2. The van der Waals surface area contributed by atoms with Crippen LogP contribution >= 0.6 is 0 Å². The van der Waals surface area contributed by atoms with Crippen molar-refractivity contribution in [3.05, 3.63) is 0 Å². The van der Waals surface area contributed by atoms with Crippen LogP contribution in [0.4, 0.5) is 0 Å². The first-order chi connectivity index (χ1) is 55.3. The molecule has 2 saturated heterocycles. The molecule has 0 bridgehead atoms. The van der Waals surface area contributed by atoms with E-state index in [-0.39, 0.29) is 537 Å². The minimum absolute atomic E-state index is 0. The van der Waals surface area contributed by atoms with Gasteiger partial charge in [-0.2, -0.15) is 135 Å². The molecule has 754 valence electrons. The predicted molar refractivity (Wildman–Crippen MR) is 458 cm³/mol. The van der Waals surface area contributed by atoms with Crippen molar-refractivity contribution in [1.29, 1.82) is 0 Å². The third-order valence-corrected chi connectivity index (χ3v) is 21.1. The molecule has 0 spiro atoms. The second-order valence-electron chi connectivity index (χ2n) is 23.2. The number of hydrogen-bond donors (Lipinski definition) is 18. The van der Waals surface area contributed by atoms with Gasteiger partial charge in [0.15, 0.2) is 37.0 Å². The summed E-state index contributed by atoms with van der Waals surface area (Å²) in [6.07, 6.45) is -66.3. The molecule has 72 nitrogen and oxygen atoms in total. The van der Waals surface area contributed by atoms with E-state index < -0.39 is 328 Å². The van der Waals surface area contributed by atoms with Crippen molar-refractivity contribution < 1.29 is 303 Å². The summed E-state index contributed by atoms with van der Waals surface area (Å²) in [5.74, 6) is -4.55. The van der Waals surface area contributed by atoms with E-state index in [0.29, 0.717) is 0 Å². The average Bonchev–Trinajstić information content (AvgIpc) is 0.761. The third kappa shape index (κ3) is 90.0. The van der Waals surface area contributed by atoms with Crippen molar-refractivity contribution in [2.45, 2.75) is 174 Å². The molecule has 2 fully saturated rings. The van der Waals surface area contributed by atoms with Crippen LogP contribution in [0, 0.1) is 0 Å². The molecule has 18 atom stereocenters. The number of carbonyl (C=O) groups excluding carboxylic acids is 2. The van der Waals surface area contributed by atoms with Crippen molar-refractivity contribution >= 4 is 651 Å². The monoisotopic (exact) mass is 2530 g/mol. The van der Waals surface area contributed by atoms with Crippen LogP contribution in [-0.2, 0) is 262 Å². The van der Waals surface area contributed by atoms with Gasteiger partial charge in [-0.3, -0.25) is 82.4 Å². The largest absolute Gasteiger partial charge is 0.398 e. The van der Waals surface area contributed by atoms with Crippen LogP contribution in [0.5, 0.6) is 0 Å². The molecule has 0 aromatic heterocycles. The Morgan fingerprint density at radius 3 is 0.614 bits per heavy atom. The SMILES string of the molecule is O=C(NCCCCCCCCCCCCNC(=O)[C@H](OS(=O)(=O)O)[C@@H](OS(=O)(=O)O)[C@H](O[C@@H]1O[C@H](COS(=O)(=O)O)[C@@H](OS(=O)(=O)O)[C@H](OS(=O)(=O)O)[C@H]1OS(=O)(=O)O)[C@@H](COS(=O)(=O)O)OS(=O)(=O)O)[C@H](OS(=O)(=O)O)[C@@H](OS(=O)(=O)O)[C@H](O[C@@H]1O[C@H](COS(=O)(=O)O)[C@@H](OS(=O)(=O)O)[C@H](OS(=O)(=O)O)[C@H]1OS(=O)(=O)O)[C@@H](COS(=O)(=O)O)OS(=O)(=O)O.[Na].[Na].[Na].[Na].[Na].[Na].[Na].[Na].[Na].[Na].[Na].[Na].[Na].[Na].[Na].[Na]. The molecule has 16 radical (unpaired) electrons. The van der Waals surface area contributed by atoms with Crippen molar-refractivity contribution in [3.8, 4) is 0 Å². The summed E-state index contributed by atoms with van der Waals surface area (Å²) in [4.78, 5) is 27.9. The van der Waals surface area contributed by atoms with Gasteiger partial charge in [-0.25, -0.2) is 66.9 Å². The van der Waals surface area contributed by atoms with Crippen molar-refractivity contribution in [2.24, 2.45) is 0 Å². The normalized spacial score (nSPS) is 20.7. The Kier molecular flexibility index (Phi) is 107. The molecule has 0 unspecified atom stereocenters. The van der Waals surface area contributed by atoms with E-state index in [2.05, 4.69) is 66.9 Å². The zero-order chi connectivity index (χ0) is 96.4. The van der Waals surface area contributed by atoms with Gasteiger partial charge in [0.25, 0.3) is 11.8 Å². The van der Waals surface area contributed by atoms with Crippen LogP contribution in [0.2, 0.25) is 0 Å². The minimum Gasteiger partial charge on any atom is -0.354 e. The number of nitrogens with one attached hydrogen (secondary N) is 2. The molecule has 2 rings (SSSR count). The third-order valence-electron chi connectivity index (χ3n) is 13.8. The first-order valence-corrected chi connectivity index (χ1v) is 52.6. The molecular formula is C36H68N2Na16O70S16. The Morgan fingerprint density at radius 1 is 0.229 bits per heavy atom. The smallest absolute Gasteiger partial charge is 0.354 e. The molecule has 2 aliphatic rings. The van der Waals surface area contributed by atoms with Crippen LogP contribution in [-0.4, -0.2) is 842 Å². The molecule has 140 heavy (non-hydrogen) atoms. The van der Waals surface area contributed by atoms with Gasteiger partial charge in [0.05, 0.1) is 26.4 Å². The van der Waals surface area contributed by atoms with Gasteiger partial charge in [0.2, 0.25) is 0 Å². The first-order valence-electron chi connectivity index (χ1n) is 30.8. The minimum atomic E-state index is -6.66. The molecule has 0 aliphatic carbocycles. The molecule has 18 N–H and O–H groups in total. The van der Waals surface area contributed by atoms with Gasteiger partial charge in [-0.05, 0) is 12.8 Å². The zero-order valence-electron chi connectivity index (χ0n) is 75.4. The van der Waals surface area contributed by atoms with Gasteiger partial charge in [0.1, 0.15) is 73.2 Å². The molecule has 0 aromatic rings. The fourth-order valence-corrected chi connectivity index (χ4v) is 17.0. The maximum atomic E-state index is 14.0. The zero-order valence-corrected chi connectivity index (χ0v) is 121. The Morgan fingerprint density at radius 2 is 0.421 bits per heavy atom. The number of rotatable bonds is 61. The standard InChI is InChI=1S/C36H68N2O70S16.16Na/c39-33(29(105-121(77,78)79)25(101-117(65,66)67)21(19(97-113(53,54)55)15-91-111(47,48)49)95-35-31(107-123(83,84)85)27(103-119(71,72)73)23(99-115(59,60)61)17(93-35)13-89-109(41,42)43)37-11-9-7-5-3-1-2-4-6-8-10-12-38-34(40)30(106-122(80,81)82)26(102-118(68,69)70)22(20(98-114(56,57)58)16-92-112(50,51)52)96-36-32(108-124(86,87)88)28(104-120(74,75)76)24(100-116(62,63)64)18(94-36)14-90-110(44,45)46;;;;;;;;;;;;;;;;/h17-32,35-36H,1-16H2,(H,37,39)(H,38,40)(H,41,42,43)(H,44,45,46)(H,47,48,49)(H,50,51,52)(H,53,54,55)(H,56,57,58)(H,59,60,61)(H,62,63,64)(H,65,66,67)(H,68,69,70)(H,71,72,73)(H,74,75,76)(H,77,78,79)(H,80,81,82)(H,83,84,85)(H,86,87,88);;;;;;;;;;;;;;;;/t17-,18-,19-,20-,21-,22-,23-,24-,25+,26+,27+,28+,29-,30-,31-,32-,35+,36+;;;;;;;;;;;;;;;;/m1................/s1. The second-order valence-corrected chi connectivity index (χ2v) is 40.1. The second kappa shape index (κ2) is 80.6. The van der Waals surface area contributed by atoms with Crippen LogP contribution in [0.25, 0.3) is 0 Å². The summed E-state index contributed by atoms with van der Waals surface area (Å²) in [6, 6.07) is 0. The summed E-state index contributed by atoms with van der Waals surface area (Å²) in [7, 11) is -102. The van der Waals surface area contributed by atoms with Gasteiger partial charge >= 0.3 is 166 Å². The quantitative estimate of drug-likeness (QED) is 0.0153. The van der Waals surface area contributed by atoms with Crippen LogP contribution in [0.3, 0.4) is 0 Å². The molecular weight excluding hydrogens is 2460 g/mol. The molecule has 2 aliphatic heterocycles. The van der Waals surface area contributed by atoms with Gasteiger partial charge in [0, 0.05) is 486 Å². The fraction of sp³-hybridized carbons (Fsp3) is 0.944. The van der Waals surface area contributed by atoms with E-state index in [4.69, 9.17) is 18.9 Å². The Hall–Kier alpha value is 12.7. The summed E-state index contributed by atoms with van der Waals surface area (Å²) in [5.41, 5.74) is 0. The Labute approximate surface area is 1160 Å². The number of hydrogen-bond acceptors (Lipinski definition) is 54. The van der Waals surface area contributed by atoms with Crippen molar-refractivity contribution in [2.75, 3.05) is 39.5 Å². The molecule has 2 heterocycles. The van der Waals surface area contributed by atoms with Gasteiger partial charge in [-0.1, -0.05) is 51.4 Å². The summed E-state index contributed by atoms with van der Waals surface area (Å²) >= 11 is 0. The van der Waals surface area contributed by atoms with Crippen LogP contribution < -0.4 is 10.6 Å². The summed E-state index contributed by atoms with van der Waals surface area (Å²) in [5, 5.41) is 3.53. The van der Waals surface area contributed by atoms with Crippen molar-refractivity contribution in [1.82, 2.24) is 10.6 Å². The van der Waals surface area contributed by atoms with E-state index >= 15 is 0 Å². The topological polar surface area (TPSA) is 1110 Å².